The second kappa shape index (κ2) is 5.61. The fraction of sp³-hybridized carbons (Fsp3) is 0.417. The fourth-order valence-electron chi connectivity index (χ4n) is 1.30. The molecule has 0 fully saturated rings. The number of carbonyl (C=O) groups excluding carboxylic acids is 1. The van der Waals surface area contributed by atoms with Crippen molar-refractivity contribution in [2.75, 3.05) is 6.54 Å². The Labute approximate surface area is 94.8 Å². The molecule has 2 atom stereocenters. The van der Waals surface area contributed by atoms with Crippen LogP contribution in [0.15, 0.2) is 24.3 Å². The van der Waals surface area contributed by atoms with Crippen molar-refractivity contribution in [3.05, 3.63) is 35.6 Å². The van der Waals surface area contributed by atoms with Crippen molar-refractivity contribution in [1.29, 1.82) is 0 Å². The summed E-state index contributed by atoms with van der Waals surface area (Å²) >= 11 is 0. The van der Waals surface area contributed by atoms with Crippen LogP contribution in [0.5, 0.6) is 0 Å². The summed E-state index contributed by atoms with van der Waals surface area (Å²) in [4.78, 5) is 11.6. The van der Waals surface area contributed by atoms with Gasteiger partial charge in [-0.15, -0.1) is 0 Å². The number of hydrogen-bond donors (Lipinski definition) is 2. The summed E-state index contributed by atoms with van der Waals surface area (Å²) in [6, 6.07) is 5.94. The Kier molecular flexibility index (Phi) is 4.43. The van der Waals surface area contributed by atoms with Crippen molar-refractivity contribution >= 4 is 5.91 Å². The van der Waals surface area contributed by atoms with Gasteiger partial charge in [-0.05, 0) is 24.6 Å². The second-order valence-electron chi connectivity index (χ2n) is 3.92. The average molecular weight is 224 g/mol. The Morgan fingerprint density at radius 2 is 1.94 bits per heavy atom. The summed E-state index contributed by atoms with van der Waals surface area (Å²) in [5.41, 5.74) is 6.27. The molecule has 1 unspecified atom stereocenters. The summed E-state index contributed by atoms with van der Waals surface area (Å²) in [7, 11) is 0. The van der Waals surface area contributed by atoms with Crippen LogP contribution >= 0.6 is 0 Å². The zero-order valence-electron chi connectivity index (χ0n) is 9.53. The number of nitrogens with two attached hydrogens (primary N) is 1. The van der Waals surface area contributed by atoms with E-state index in [1.54, 1.807) is 19.1 Å². The lowest BCUT2D eigenvalue weighted by Gasteiger charge is -2.16. The molecule has 0 heterocycles. The topological polar surface area (TPSA) is 55.1 Å². The first-order chi connectivity index (χ1) is 7.54. The van der Waals surface area contributed by atoms with E-state index in [4.69, 9.17) is 5.73 Å². The Hall–Kier alpha value is -1.42. The van der Waals surface area contributed by atoms with E-state index < -0.39 is 0 Å². The molecule has 0 saturated carbocycles. The predicted octanol–water partition coefficient (Wildman–Crippen LogP) is 1.60. The van der Waals surface area contributed by atoms with E-state index in [9.17, 15) is 9.18 Å². The maximum absolute atomic E-state index is 12.7. The van der Waals surface area contributed by atoms with Crippen LogP contribution in [0.2, 0.25) is 0 Å². The fourth-order valence-corrected chi connectivity index (χ4v) is 1.30. The minimum atomic E-state index is -0.280. The van der Waals surface area contributed by atoms with Gasteiger partial charge in [-0.25, -0.2) is 4.39 Å². The van der Waals surface area contributed by atoms with E-state index in [1.807, 2.05) is 6.92 Å². The molecule has 0 aliphatic rings. The Bertz CT molecular complexity index is 351. The zero-order valence-corrected chi connectivity index (χ0v) is 9.53. The van der Waals surface area contributed by atoms with E-state index in [2.05, 4.69) is 5.32 Å². The van der Waals surface area contributed by atoms with Gasteiger partial charge in [-0.3, -0.25) is 4.79 Å². The molecule has 1 amide bonds. The molecular formula is C12H17FN2O. The van der Waals surface area contributed by atoms with Crippen molar-refractivity contribution in [1.82, 2.24) is 5.32 Å². The summed E-state index contributed by atoms with van der Waals surface area (Å²) in [5, 5.41) is 2.82. The van der Waals surface area contributed by atoms with E-state index >= 15 is 0 Å². The standard InChI is InChI=1S/C12H17FN2O/c1-8(7-14)12(16)15-9(2)10-3-5-11(13)6-4-10/h3-6,8-9H,7,14H2,1-2H3,(H,15,16)/t8?,9-/m0/s1. The number of benzene rings is 1. The van der Waals surface area contributed by atoms with E-state index in [-0.39, 0.29) is 23.7 Å². The van der Waals surface area contributed by atoms with Crippen molar-refractivity contribution in [2.24, 2.45) is 11.7 Å². The third kappa shape index (κ3) is 3.31. The smallest absolute Gasteiger partial charge is 0.224 e. The van der Waals surface area contributed by atoms with Crippen LogP contribution in [0.1, 0.15) is 25.5 Å². The lowest BCUT2D eigenvalue weighted by Crippen LogP contribution is -2.34. The van der Waals surface area contributed by atoms with Gasteiger partial charge in [-0.1, -0.05) is 19.1 Å². The molecule has 0 aromatic heterocycles. The Morgan fingerprint density at radius 1 is 1.38 bits per heavy atom. The number of rotatable bonds is 4. The second-order valence-corrected chi connectivity index (χ2v) is 3.92. The minimum absolute atomic E-state index is 0.0840. The molecule has 0 spiro atoms. The van der Waals surface area contributed by atoms with Crippen molar-refractivity contribution in [3.8, 4) is 0 Å². The van der Waals surface area contributed by atoms with Gasteiger partial charge in [0.25, 0.3) is 0 Å². The summed E-state index contributed by atoms with van der Waals surface area (Å²) in [6.45, 7) is 3.95. The lowest BCUT2D eigenvalue weighted by atomic mass is 10.1. The van der Waals surface area contributed by atoms with Gasteiger partial charge in [-0.2, -0.15) is 0 Å². The maximum Gasteiger partial charge on any atom is 0.224 e. The quantitative estimate of drug-likeness (QED) is 0.816. The molecule has 3 nitrogen and oxygen atoms in total. The number of nitrogens with one attached hydrogen (secondary N) is 1. The molecule has 4 heteroatoms. The molecule has 1 aromatic carbocycles. The normalized spacial score (nSPS) is 14.2. The van der Waals surface area contributed by atoms with Gasteiger partial charge in [0.2, 0.25) is 5.91 Å². The molecule has 1 aromatic rings. The molecular weight excluding hydrogens is 207 g/mol. The molecule has 3 N–H and O–H groups in total. The highest BCUT2D eigenvalue weighted by molar-refractivity contribution is 5.78. The highest BCUT2D eigenvalue weighted by Crippen LogP contribution is 2.13. The third-order valence-electron chi connectivity index (χ3n) is 2.53. The summed E-state index contributed by atoms with van der Waals surface area (Å²) in [6.07, 6.45) is 0. The minimum Gasteiger partial charge on any atom is -0.349 e. The number of amides is 1. The van der Waals surface area contributed by atoms with Crippen molar-refractivity contribution < 1.29 is 9.18 Å². The van der Waals surface area contributed by atoms with Gasteiger partial charge in [0.15, 0.2) is 0 Å². The van der Waals surface area contributed by atoms with Gasteiger partial charge >= 0.3 is 0 Å². The molecule has 0 saturated heterocycles. The SMILES string of the molecule is CC(CN)C(=O)N[C@@H](C)c1ccc(F)cc1. The van der Waals surface area contributed by atoms with Crippen molar-refractivity contribution in [2.45, 2.75) is 19.9 Å². The van der Waals surface area contributed by atoms with E-state index in [1.165, 1.54) is 12.1 Å². The molecule has 16 heavy (non-hydrogen) atoms. The van der Waals surface area contributed by atoms with Crippen LogP contribution in [0, 0.1) is 11.7 Å². The molecule has 0 bridgehead atoms. The van der Waals surface area contributed by atoms with E-state index in [0.717, 1.165) is 5.56 Å². The summed E-state index contributed by atoms with van der Waals surface area (Å²) < 4.78 is 12.7. The van der Waals surface area contributed by atoms with Gasteiger partial charge in [0.05, 0.1) is 6.04 Å². The zero-order chi connectivity index (χ0) is 12.1. The van der Waals surface area contributed by atoms with Gasteiger partial charge in [0.1, 0.15) is 5.82 Å². The molecule has 0 aliphatic carbocycles. The van der Waals surface area contributed by atoms with Crippen LogP contribution in [0.3, 0.4) is 0 Å². The first-order valence-electron chi connectivity index (χ1n) is 5.30. The van der Waals surface area contributed by atoms with Gasteiger partial charge in [0, 0.05) is 12.5 Å². The van der Waals surface area contributed by atoms with Crippen molar-refractivity contribution in [3.63, 3.8) is 0 Å². The number of halogens is 1. The largest absolute Gasteiger partial charge is 0.349 e. The highest BCUT2D eigenvalue weighted by atomic mass is 19.1. The Morgan fingerprint density at radius 3 is 2.44 bits per heavy atom. The molecule has 88 valence electrons. The highest BCUT2D eigenvalue weighted by Gasteiger charge is 2.14. The van der Waals surface area contributed by atoms with Gasteiger partial charge < -0.3 is 11.1 Å². The van der Waals surface area contributed by atoms with Crippen LogP contribution in [-0.2, 0) is 4.79 Å². The maximum atomic E-state index is 12.7. The van der Waals surface area contributed by atoms with Crippen LogP contribution in [-0.4, -0.2) is 12.5 Å². The van der Waals surface area contributed by atoms with E-state index in [0.29, 0.717) is 6.54 Å². The third-order valence-corrected chi connectivity index (χ3v) is 2.53. The number of carbonyl (C=O) groups is 1. The van der Waals surface area contributed by atoms with Crippen LogP contribution in [0.4, 0.5) is 4.39 Å². The number of hydrogen-bond acceptors (Lipinski definition) is 2. The lowest BCUT2D eigenvalue weighted by molar-refractivity contribution is -0.124. The predicted molar refractivity (Wildman–Crippen MR) is 61.2 cm³/mol. The molecule has 0 aliphatic heterocycles. The molecule has 1 rings (SSSR count). The first kappa shape index (κ1) is 12.6. The average Bonchev–Trinajstić information content (AvgIpc) is 2.28. The van der Waals surface area contributed by atoms with Crippen LogP contribution in [0.25, 0.3) is 0 Å². The van der Waals surface area contributed by atoms with Crippen LogP contribution < -0.4 is 11.1 Å². The monoisotopic (exact) mass is 224 g/mol. The first-order valence-corrected chi connectivity index (χ1v) is 5.30. The molecule has 0 radical (unpaired) electrons. The summed E-state index contributed by atoms with van der Waals surface area (Å²) in [5.74, 6) is -0.570. The Balaban J connectivity index is 2.62.